The van der Waals surface area contributed by atoms with Crippen molar-refractivity contribution in [1.29, 1.82) is 0 Å². The maximum Gasteiger partial charge on any atom is 0.183 e. The molecule has 0 spiro atoms. The van der Waals surface area contributed by atoms with Crippen molar-refractivity contribution in [3.63, 3.8) is 0 Å². The fraction of sp³-hybridized carbons (Fsp3) is 0.250. The highest BCUT2D eigenvalue weighted by Crippen LogP contribution is 2.17. The molecule has 2 N–H and O–H groups in total. The van der Waals surface area contributed by atoms with Crippen molar-refractivity contribution in [2.75, 3.05) is 5.32 Å². The Hall–Kier alpha value is -2.37. The van der Waals surface area contributed by atoms with Crippen LogP contribution in [0.5, 0.6) is 0 Å². The quantitative estimate of drug-likeness (QED) is 0.737. The Bertz CT molecular complexity index is 685. The summed E-state index contributed by atoms with van der Waals surface area (Å²) < 4.78 is 5.49. The van der Waals surface area contributed by atoms with Crippen LogP contribution in [0.1, 0.15) is 17.3 Å². The highest BCUT2D eigenvalue weighted by atomic mass is 16.3. The molecule has 92 valence electrons. The molecule has 6 heteroatoms. The van der Waals surface area contributed by atoms with Gasteiger partial charge in [0.25, 0.3) is 0 Å². The number of hydrogen-bond donors (Lipinski definition) is 2. The minimum Gasteiger partial charge on any atom is -0.465 e. The number of hydrogen-bond acceptors (Lipinski definition) is 5. The number of aryl methyl sites for hydroxylation is 2. The Labute approximate surface area is 103 Å². The first-order valence-corrected chi connectivity index (χ1v) is 5.69. The van der Waals surface area contributed by atoms with Crippen molar-refractivity contribution >= 4 is 17.0 Å². The molecule has 0 aromatic carbocycles. The Kier molecular flexibility index (Phi) is 2.47. The van der Waals surface area contributed by atoms with Crippen LogP contribution >= 0.6 is 0 Å². The van der Waals surface area contributed by atoms with Crippen molar-refractivity contribution in [2.45, 2.75) is 20.4 Å². The molecule has 3 aromatic rings. The smallest absolute Gasteiger partial charge is 0.183 e. The summed E-state index contributed by atoms with van der Waals surface area (Å²) in [6.07, 6.45) is 1.50. The van der Waals surface area contributed by atoms with Gasteiger partial charge in [-0.3, -0.25) is 0 Å². The molecular weight excluding hydrogens is 230 g/mol. The van der Waals surface area contributed by atoms with E-state index < -0.39 is 0 Å². The summed E-state index contributed by atoms with van der Waals surface area (Å²) in [7, 11) is 0. The topological polar surface area (TPSA) is 79.6 Å². The number of fused-ring (bicyclic) bond motifs is 1. The van der Waals surface area contributed by atoms with Gasteiger partial charge in [0.1, 0.15) is 29.2 Å². The summed E-state index contributed by atoms with van der Waals surface area (Å²) in [6.45, 7) is 4.39. The van der Waals surface area contributed by atoms with E-state index in [1.165, 1.54) is 6.33 Å². The van der Waals surface area contributed by atoms with Gasteiger partial charge in [0.05, 0.1) is 6.54 Å². The van der Waals surface area contributed by atoms with E-state index in [-0.39, 0.29) is 0 Å². The number of rotatable bonds is 3. The minimum absolute atomic E-state index is 0.581. The highest BCUT2D eigenvalue weighted by Gasteiger charge is 2.08. The molecule has 3 heterocycles. The van der Waals surface area contributed by atoms with Crippen molar-refractivity contribution in [1.82, 2.24) is 19.9 Å². The van der Waals surface area contributed by atoms with Crippen molar-refractivity contribution in [3.8, 4) is 0 Å². The standard InChI is InChI=1S/C12H13N5O/c1-7-3-4-9(18-7)5-13-11-10-12(15-6-14-11)17-8(2)16-10/h3-4,6H,5H2,1-2H3,(H2,13,14,15,16,17). The second kappa shape index (κ2) is 4.14. The van der Waals surface area contributed by atoms with Crippen LogP contribution < -0.4 is 5.32 Å². The molecule has 0 atom stereocenters. The van der Waals surface area contributed by atoms with Crippen LogP contribution in [0.2, 0.25) is 0 Å². The third-order valence-electron chi connectivity index (χ3n) is 2.63. The number of aromatic nitrogens is 4. The second-order valence-electron chi connectivity index (χ2n) is 4.11. The van der Waals surface area contributed by atoms with Gasteiger partial charge in [0.15, 0.2) is 11.5 Å². The number of anilines is 1. The SMILES string of the molecule is Cc1nc2ncnc(NCc3ccc(C)o3)c2[nH]1. The zero-order valence-corrected chi connectivity index (χ0v) is 10.2. The largest absolute Gasteiger partial charge is 0.465 e. The monoisotopic (exact) mass is 243 g/mol. The molecule has 3 rings (SSSR count). The average Bonchev–Trinajstić information content (AvgIpc) is 2.91. The van der Waals surface area contributed by atoms with E-state index in [2.05, 4.69) is 25.3 Å². The van der Waals surface area contributed by atoms with Crippen LogP contribution in [-0.4, -0.2) is 19.9 Å². The summed E-state index contributed by atoms with van der Waals surface area (Å²) in [5, 5.41) is 3.21. The van der Waals surface area contributed by atoms with Gasteiger partial charge in [-0.05, 0) is 26.0 Å². The molecule has 3 aromatic heterocycles. The summed E-state index contributed by atoms with van der Waals surface area (Å²) in [6, 6.07) is 3.88. The number of aromatic amines is 1. The molecule has 0 saturated heterocycles. The fourth-order valence-corrected chi connectivity index (χ4v) is 1.83. The molecule has 0 fully saturated rings. The normalized spacial score (nSPS) is 11.0. The van der Waals surface area contributed by atoms with Crippen LogP contribution in [0.3, 0.4) is 0 Å². The van der Waals surface area contributed by atoms with Crippen LogP contribution in [0.4, 0.5) is 5.82 Å². The summed E-state index contributed by atoms with van der Waals surface area (Å²) in [4.78, 5) is 15.7. The van der Waals surface area contributed by atoms with Crippen LogP contribution in [-0.2, 0) is 6.54 Å². The van der Waals surface area contributed by atoms with Gasteiger partial charge in [0, 0.05) is 0 Å². The Balaban J connectivity index is 1.86. The first-order valence-electron chi connectivity index (χ1n) is 5.69. The van der Waals surface area contributed by atoms with Gasteiger partial charge in [-0.2, -0.15) is 0 Å². The third-order valence-corrected chi connectivity index (χ3v) is 2.63. The van der Waals surface area contributed by atoms with E-state index >= 15 is 0 Å². The summed E-state index contributed by atoms with van der Waals surface area (Å²) in [5.74, 6) is 3.32. The fourth-order valence-electron chi connectivity index (χ4n) is 1.83. The van der Waals surface area contributed by atoms with E-state index in [0.29, 0.717) is 12.2 Å². The lowest BCUT2D eigenvalue weighted by Crippen LogP contribution is -2.01. The number of furan rings is 1. The Morgan fingerprint density at radius 1 is 1.28 bits per heavy atom. The van der Waals surface area contributed by atoms with E-state index in [0.717, 1.165) is 28.7 Å². The molecule has 0 unspecified atom stereocenters. The maximum absolute atomic E-state index is 5.49. The Morgan fingerprint density at radius 3 is 2.94 bits per heavy atom. The zero-order valence-electron chi connectivity index (χ0n) is 10.2. The molecular formula is C12H13N5O. The summed E-state index contributed by atoms with van der Waals surface area (Å²) >= 11 is 0. The lowest BCUT2D eigenvalue weighted by atomic mass is 10.4. The lowest BCUT2D eigenvalue weighted by molar-refractivity contribution is 0.490. The van der Waals surface area contributed by atoms with Gasteiger partial charge in [-0.1, -0.05) is 0 Å². The van der Waals surface area contributed by atoms with Crippen molar-refractivity contribution in [3.05, 3.63) is 35.8 Å². The molecule has 0 bridgehead atoms. The minimum atomic E-state index is 0.581. The van der Waals surface area contributed by atoms with Crippen LogP contribution in [0.25, 0.3) is 11.2 Å². The number of nitrogens with one attached hydrogen (secondary N) is 2. The second-order valence-corrected chi connectivity index (χ2v) is 4.11. The number of nitrogens with zero attached hydrogens (tertiary/aromatic N) is 3. The maximum atomic E-state index is 5.49. The van der Waals surface area contributed by atoms with E-state index in [9.17, 15) is 0 Å². The molecule has 0 amide bonds. The van der Waals surface area contributed by atoms with Gasteiger partial charge in [-0.25, -0.2) is 15.0 Å². The Morgan fingerprint density at radius 2 is 2.17 bits per heavy atom. The first-order chi connectivity index (χ1) is 8.72. The van der Waals surface area contributed by atoms with Crippen molar-refractivity contribution < 1.29 is 4.42 Å². The lowest BCUT2D eigenvalue weighted by Gasteiger charge is -2.03. The zero-order chi connectivity index (χ0) is 12.5. The molecule has 0 radical (unpaired) electrons. The van der Waals surface area contributed by atoms with E-state index in [1.807, 2.05) is 26.0 Å². The average molecular weight is 243 g/mol. The molecule has 6 nitrogen and oxygen atoms in total. The summed E-state index contributed by atoms with van der Waals surface area (Å²) in [5.41, 5.74) is 1.49. The van der Waals surface area contributed by atoms with Crippen LogP contribution in [0.15, 0.2) is 22.9 Å². The van der Waals surface area contributed by atoms with Gasteiger partial charge >= 0.3 is 0 Å². The molecule has 0 aliphatic carbocycles. The number of H-pyrrole nitrogens is 1. The van der Waals surface area contributed by atoms with Crippen LogP contribution in [0, 0.1) is 13.8 Å². The molecule has 18 heavy (non-hydrogen) atoms. The van der Waals surface area contributed by atoms with E-state index in [1.54, 1.807) is 0 Å². The molecule has 0 saturated carbocycles. The first kappa shape index (κ1) is 10.8. The highest BCUT2D eigenvalue weighted by molar-refractivity contribution is 5.82. The molecule has 0 aliphatic heterocycles. The van der Waals surface area contributed by atoms with Gasteiger partial charge in [-0.15, -0.1) is 0 Å². The third kappa shape index (κ3) is 1.92. The molecule has 0 aliphatic rings. The number of imidazole rings is 1. The predicted octanol–water partition coefficient (Wildman–Crippen LogP) is 2.17. The predicted molar refractivity (Wildman–Crippen MR) is 67.2 cm³/mol. The van der Waals surface area contributed by atoms with Gasteiger partial charge in [0.2, 0.25) is 0 Å². The van der Waals surface area contributed by atoms with Gasteiger partial charge < -0.3 is 14.7 Å². The van der Waals surface area contributed by atoms with Crippen molar-refractivity contribution in [2.24, 2.45) is 0 Å². The van der Waals surface area contributed by atoms with E-state index in [4.69, 9.17) is 4.42 Å².